The van der Waals surface area contributed by atoms with E-state index in [9.17, 15) is 4.79 Å². The number of benzene rings is 3. The highest BCUT2D eigenvalue weighted by Gasteiger charge is 2.05. The van der Waals surface area contributed by atoms with Crippen molar-refractivity contribution in [2.75, 3.05) is 6.61 Å². The Kier molecular flexibility index (Phi) is 3.57. The lowest BCUT2D eigenvalue weighted by Gasteiger charge is -2.06. The van der Waals surface area contributed by atoms with Crippen LogP contribution in [0.3, 0.4) is 0 Å². The van der Waals surface area contributed by atoms with Gasteiger partial charge < -0.3 is 4.74 Å². The summed E-state index contributed by atoms with van der Waals surface area (Å²) in [5.74, 6) is 5.07. The summed E-state index contributed by atoms with van der Waals surface area (Å²) in [5.41, 5.74) is 0.872. The lowest BCUT2D eigenvalue weighted by Crippen LogP contribution is -1.99. The van der Waals surface area contributed by atoms with Crippen molar-refractivity contribution in [3.8, 4) is 11.8 Å². The number of carbonyl (C=O) groups excluding carboxylic acids is 1. The standard InChI is InChI=1S/C19H14O2/c1-2-21-19(20)12-11-18-16-9-5-3-7-14(16)13-15-8-4-6-10-17(15)18/h3-10,13H,2H2,1H3. The number of rotatable bonds is 1. The highest BCUT2D eigenvalue weighted by Crippen LogP contribution is 2.27. The zero-order chi connectivity index (χ0) is 14.7. The van der Waals surface area contributed by atoms with Crippen molar-refractivity contribution in [3.63, 3.8) is 0 Å². The van der Waals surface area contributed by atoms with Gasteiger partial charge in [0.15, 0.2) is 0 Å². The number of hydrogen-bond acceptors (Lipinski definition) is 2. The van der Waals surface area contributed by atoms with E-state index < -0.39 is 5.97 Å². The maximum atomic E-state index is 11.5. The lowest BCUT2D eigenvalue weighted by atomic mass is 9.97. The van der Waals surface area contributed by atoms with Gasteiger partial charge in [-0.3, -0.25) is 0 Å². The van der Waals surface area contributed by atoms with E-state index in [1.165, 1.54) is 0 Å². The minimum atomic E-state index is -0.491. The maximum Gasteiger partial charge on any atom is 0.384 e. The molecular formula is C19H14O2. The van der Waals surface area contributed by atoms with Gasteiger partial charge >= 0.3 is 5.97 Å². The molecule has 0 fully saturated rings. The first kappa shape index (κ1) is 13.2. The van der Waals surface area contributed by atoms with Gasteiger partial charge in [-0.25, -0.2) is 4.79 Å². The Morgan fingerprint density at radius 2 is 1.57 bits per heavy atom. The third kappa shape index (κ3) is 2.59. The zero-order valence-corrected chi connectivity index (χ0v) is 11.7. The molecule has 0 saturated heterocycles. The van der Waals surface area contributed by atoms with E-state index >= 15 is 0 Å². The Morgan fingerprint density at radius 1 is 1.00 bits per heavy atom. The molecule has 21 heavy (non-hydrogen) atoms. The van der Waals surface area contributed by atoms with E-state index in [0.29, 0.717) is 6.61 Å². The fourth-order valence-electron chi connectivity index (χ4n) is 2.43. The summed E-state index contributed by atoms with van der Waals surface area (Å²) >= 11 is 0. The monoisotopic (exact) mass is 274 g/mol. The SMILES string of the molecule is CCOC(=O)C#Cc1c2ccccc2cc2ccccc12. The van der Waals surface area contributed by atoms with Crippen LogP contribution in [0.5, 0.6) is 0 Å². The molecule has 0 saturated carbocycles. The number of fused-ring (bicyclic) bond motifs is 2. The Bertz CT molecular complexity index is 828. The second-order valence-electron chi connectivity index (χ2n) is 4.66. The highest BCUT2D eigenvalue weighted by molar-refractivity contribution is 6.05. The number of esters is 1. The molecule has 0 spiro atoms. The predicted octanol–water partition coefficient (Wildman–Crippen LogP) is 3.91. The van der Waals surface area contributed by atoms with E-state index in [1.54, 1.807) is 6.92 Å². The molecule has 3 aromatic rings. The van der Waals surface area contributed by atoms with E-state index in [2.05, 4.69) is 30.0 Å². The van der Waals surface area contributed by atoms with E-state index in [0.717, 1.165) is 27.1 Å². The molecule has 0 radical (unpaired) electrons. The van der Waals surface area contributed by atoms with Crippen LogP contribution in [-0.2, 0) is 9.53 Å². The highest BCUT2D eigenvalue weighted by atomic mass is 16.5. The number of hydrogen-bond donors (Lipinski definition) is 0. The molecule has 0 heterocycles. The van der Waals surface area contributed by atoms with Gasteiger partial charge in [0, 0.05) is 11.5 Å². The molecule has 0 bridgehead atoms. The van der Waals surface area contributed by atoms with Crippen LogP contribution in [0.15, 0.2) is 54.6 Å². The van der Waals surface area contributed by atoms with Crippen molar-refractivity contribution in [1.82, 2.24) is 0 Å². The third-order valence-electron chi connectivity index (χ3n) is 3.34. The number of ether oxygens (including phenoxy) is 1. The van der Waals surface area contributed by atoms with Crippen LogP contribution in [0.4, 0.5) is 0 Å². The Labute approximate surface area is 123 Å². The molecule has 2 nitrogen and oxygen atoms in total. The van der Waals surface area contributed by atoms with Gasteiger partial charge in [-0.15, -0.1) is 0 Å². The summed E-state index contributed by atoms with van der Waals surface area (Å²) in [5, 5.41) is 4.33. The van der Waals surface area contributed by atoms with Gasteiger partial charge in [0.2, 0.25) is 0 Å². The molecule has 3 aromatic carbocycles. The van der Waals surface area contributed by atoms with Gasteiger partial charge in [-0.05, 0) is 34.5 Å². The smallest absolute Gasteiger partial charge is 0.384 e. The summed E-state index contributed by atoms with van der Waals surface area (Å²) in [6.45, 7) is 2.11. The van der Waals surface area contributed by atoms with Crippen molar-refractivity contribution in [3.05, 3.63) is 60.2 Å². The van der Waals surface area contributed by atoms with Gasteiger partial charge in [-0.1, -0.05) is 54.5 Å². The van der Waals surface area contributed by atoms with E-state index in [4.69, 9.17) is 4.74 Å². The average molecular weight is 274 g/mol. The summed E-state index contributed by atoms with van der Waals surface area (Å²) in [6, 6.07) is 18.3. The first-order valence-electron chi connectivity index (χ1n) is 6.89. The van der Waals surface area contributed by atoms with Crippen molar-refractivity contribution >= 4 is 27.5 Å². The molecule has 0 aromatic heterocycles. The molecule has 0 aliphatic carbocycles. The summed E-state index contributed by atoms with van der Waals surface area (Å²) in [7, 11) is 0. The molecule has 0 aliphatic rings. The predicted molar refractivity (Wildman–Crippen MR) is 85.0 cm³/mol. The van der Waals surface area contributed by atoms with Crippen LogP contribution >= 0.6 is 0 Å². The largest absolute Gasteiger partial charge is 0.456 e. The molecule has 102 valence electrons. The zero-order valence-electron chi connectivity index (χ0n) is 11.7. The second-order valence-corrected chi connectivity index (χ2v) is 4.66. The van der Waals surface area contributed by atoms with Crippen LogP contribution < -0.4 is 0 Å². The minimum Gasteiger partial charge on any atom is -0.456 e. The summed E-state index contributed by atoms with van der Waals surface area (Å²) < 4.78 is 4.88. The molecule has 2 heteroatoms. The average Bonchev–Trinajstić information content (AvgIpc) is 2.51. The van der Waals surface area contributed by atoms with Crippen LogP contribution in [0.2, 0.25) is 0 Å². The molecule has 0 amide bonds. The van der Waals surface area contributed by atoms with Crippen LogP contribution in [-0.4, -0.2) is 12.6 Å². The maximum absolute atomic E-state index is 11.5. The van der Waals surface area contributed by atoms with Gasteiger partial charge in [0.1, 0.15) is 0 Å². The molecule has 0 atom stereocenters. The number of carbonyl (C=O) groups is 1. The summed E-state index contributed by atoms with van der Waals surface area (Å²) in [6.07, 6.45) is 0. The summed E-state index contributed by atoms with van der Waals surface area (Å²) in [4.78, 5) is 11.5. The van der Waals surface area contributed by atoms with Gasteiger partial charge in [0.05, 0.1) is 6.61 Å². The van der Waals surface area contributed by atoms with Crippen molar-refractivity contribution in [2.45, 2.75) is 6.92 Å². The topological polar surface area (TPSA) is 26.3 Å². The van der Waals surface area contributed by atoms with Gasteiger partial charge in [0.25, 0.3) is 0 Å². The minimum absolute atomic E-state index is 0.337. The fourth-order valence-corrected chi connectivity index (χ4v) is 2.43. The quantitative estimate of drug-likeness (QED) is 0.382. The molecule has 0 unspecified atom stereocenters. The lowest BCUT2D eigenvalue weighted by molar-refractivity contribution is -0.136. The molecular weight excluding hydrogens is 260 g/mol. The van der Waals surface area contributed by atoms with Crippen molar-refractivity contribution < 1.29 is 9.53 Å². The first-order chi connectivity index (χ1) is 10.3. The van der Waals surface area contributed by atoms with E-state index in [1.807, 2.05) is 36.4 Å². The molecule has 0 aliphatic heterocycles. The molecule has 0 N–H and O–H groups in total. The Balaban J connectivity index is 2.28. The van der Waals surface area contributed by atoms with Crippen LogP contribution in [0.1, 0.15) is 12.5 Å². The fraction of sp³-hybridized carbons (Fsp3) is 0.105. The second kappa shape index (κ2) is 5.68. The van der Waals surface area contributed by atoms with Crippen LogP contribution in [0.25, 0.3) is 21.5 Å². The van der Waals surface area contributed by atoms with Crippen molar-refractivity contribution in [2.24, 2.45) is 0 Å². The normalized spacial score (nSPS) is 10.1. The van der Waals surface area contributed by atoms with Crippen LogP contribution in [0, 0.1) is 11.8 Å². The van der Waals surface area contributed by atoms with Gasteiger partial charge in [-0.2, -0.15) is 0 Å². The third-order valence-corrected chi connectivity index (χ3v) is 3.34. The van der Waals surface area contributed by atoms with E-state index in [-0.39, 0.29) is 0 Å². The Hall–Kier alpha value is -2.79. The molecule has 3 rings (SSSR count). The Morgan fingerprint density at radius 3 is 2.14 bits per heavy atom. The van der Waals surface area contributed by atoms with Crippen molar-refractivity contribution in [1.29, 1.82) is 0 Å². The first-order valence-corrected chi connectivity index (χ1v) is 6.89.